The number of rotatable bonds is 5. The summed E-state index contributed by atoms with van der Waals surface area (Å²) in [6.45, 7) is 11.3. The quantitative estimate of drug-likeness (QED) is 0.512. The van der Waals surface area contributed by atoms with E-state index < -0.39 is 5.60 Å². The molecule has 1 N–H and O–H groups in total. The van der Waals surface area contributed by atoms with Crippen molar-refractivity contribution in [1.29, 1.82) is 0 Å². The Morgan fingerprint density at radius 2 is 1.64 bits per heavy atom. The van der Waals surface area contributed by atoms with Gasteiger partial charge in [0.2, 0.25) is 0 Å². The third kappa shape index (κ3) is 5.78. The summed E-state index contributed by atoms with van der Waals surface area (Å²) in [6, 6.07) is 16.0. The molecule has 3 aromatic rings. The molecule has 7 heteroatoms. The second kappa shape index (κ2) is 10.6. The molecule has 0 bridgehead atoms. The molecule has 0 aliphatic carbocycles. The fourth-order valence-electron chi connectivity index (χ4n) is 4.78. The Hall–Kier alpha value is -3.61. The smallest absolute Gasteiger partial charge is 0.410 e. The lowest BCUT2D eigenvalue weighted by molar-refractivity contribution is 0.0203. The van der Waals surface area contributed by atoms with Crippen LogP contribution in [0.25, 0.3) is 5.69 Å². The zero-order valence-corrected chi connectivity index (χ0v) is 21.9. The van der Waals surface area contributed by atoms with Crippen molar-refractivity contribution >= 4 is 12.0 Å². The average Bonchev–Trinajstić information content (AvgIpc) is 3.27. The minimum Gasteiger partial charge on any atom is -0.444 e. The van der Waals surface area contributed by atoms with Gasteiger partial charge in [-0.3, -0.25) is 4.79 Å². The Kier molecular flexibility index (Phi) is 7.48. The van der Waals surface area contributed by atoms with Gasteiger partial charge in [-0.15, -0.1) is 0 Å². The molecule has 36 heavy (non-hydrogen) atoms. The summed E-state index contributed by atoms with van der Waals surface area (Å²) in [6.07, 6.45) is 2.86. The van der Waals surface area contributed by atoms with E-state index in [2.05, 4.69) is 31.3 Å². The van der Waals surface area contributed by atoms with Gasteiger partial charge in [-0.1, -0.05) is 48.5 Å². The third-order valence-electron chi connectivity index (χ3n) is 6.53. The summed E-state index contributed by atoms with van der Waals surface area (Å²) in [4.78, 5) is 27.7. The van der Waals surface area contributed by atoms with Gasteiger partial charge in [-0.2, -0.15) is 5.10 Å². The van der Waals surface area contributed by atoms with Crippen LogP contribution in [-0.2, 0) is 11.3 Å². The first-order valence-electron chi connectivity index (χ1n) is 12.6. The molecular formula is C29H36N4O3. The first-order chi connectivity index (χ1) is 17.1. The largest absolute Gasteiger partial charge is 0.444 e. The molecule has 1 aliphatic heterocycles. The first-order valence-corrected chi connectivity index (χ1v) is 12.6. The van der Waals surface area contributed by atoms with Gasteiger partial charge < -0.3 is 15.0 Å². The molecule has 190 valence electrons. The lowest BCUT2D eigenvalue weighted by atomic mass is 9.90. The van der Waals surface area contributed by atoms with Crippen molar-refractivity contribution < 1.29 is 14.3 Å². The number of ether oxygens (including phenoxy) is 1. The van der Waals surface area contributed by atoms with Crippen LogP contribution in [0, 0.1) is 13.8 Å². The van der Waals surface area contributed by atoms with Gasteiger partial charge in [-0.25, -0.2) is 9.48 Å². The van der Waals surface area contributed by atoms with Crippen LogP contribution in [-0.4, -0.2) is 45.4 Å². The molecule has 1 aliphatic rings. The molecular weight excluding hydrogens is 452 g/mol. The number of amides is 2. The zero-order valence-electron chi connectivity index (χ0n) is 21.9. The van der Waals surface area contributed by atoms with Crippen molar-refractivity contribution in [3.8, 4) is 5.69 Å². The summed E-state index contributed by atoms with van der Waals surface area (Å²) in [5, 5.41) is 7.78. The Labute approximate surface area is 213 Å². The minimum absolute atomic E-state index is 0.0858. The number of likely N-dealkylation sites (tertiary alicyclic amines) is 1. The third-order valence-corrected chi connectivity index (χ3v) is 6.53. The second-order valence-electron chi connectivity index (χ2n) is 10.5. The Morgan fingerprint density at radius 3 is 2.25 bits per heavy atom. The van der Waals surface area contributed by atoms with Crippen molar-refractivity contribution in [2.24, 2.45) is 0 Å². The maximum absolute atomic E-state index is 13.4. The predicted molar refractivity (Wildman–Crippen MR) is 140 cm³/mol. The van der Waals surface area contributed by atoms with Crippen LogP contribution in [0.3, 0.4) is 0 Å². The Balaban J connectivity index is 1.61. The molecule has 0 unspecified atom stereocenters. The van der Waals surface area contributed by atoms with Crippen molar-refractivity contribution in [2.45, 2.75) is 65.5 Å². The van der Waals surface area contributed by atoms with E-state index in [1.165, 1.54) is 0 Å². The van der Waals surface area contributed by atoms with E-state index in [0.29, 0.717) is 25.2 Å². The number of aromatic nitrogens is 2. The van der Waals surface area contributed by atoms with Crippen LogP contribution in [0.4, 0.5) is 4.79 Å². The Morgan fingerprint density at radius 1 is 1.00 bits per heavy atom. The van der Waals surface area contributed by atoms with Crippen molar-refractivity contribution in [1.82, 2.24) is 20.0 Å². The monoisotopic (exact) mass is 488 g/mol. The molecule has 0 atom stereocenters. The van der Waals surface area contributed by atoms with Crippen LogP contribution >= 0.6 is 0 Å². The van der Waals surface area contributed by atoms with E-state index in [-0.39, 0.29) is 17.9 Å². The number of benzene rings is 2. The molecule has 1 aromatic heterocycles. The number of piperidine rings is 1. The molecule has 7 nitrogen and oxygen atoms in total. The highest BCUT2D eigenvalue weighted by molar-refractivity contribution is 5.95. The SMILES string of the molecule is Cc1cccc(C)c1-n1ncc(C(=O)NCc2ccccc2)c1C1CCN(C(=O)OC(C)(C)C)CC1. The standard InChI is InChI=1S/C29H36N4O3/c1-20-10-9-11-21(2)25(20)33-26(23-14-16-32(17-15-23)28(35)36-29(3,4)5)24(19-31-33)27(34)30-18-22-12-7-6-8-13-22/h6-13,19,23H,14-18H2,1-5H3,(H,30,34). The number of para-hydroxylation sites is 1. The van der Waals surface area contributed by atoms with E-state index in [0.717, 1.165) is 40.9 Å². The maximum Gasteiger partial charge on any atom is 0.410 e. The molecule has 0 radical (unpaired) electrons. The average molecular weight is 489 g/mol. The van der Waals surface area contributed by atoms with Gasteiger partial charge >= 0.3 is 6.09 Å². The van der Waals surface area contributed by atoms with Gasteiger partial charge in [0.25, 0.3) is 5.91 Å². The molecule has 1 fully saturated rings. The number of nitrogens with one attached hydrogen (secondary N) is 1. The lowest BCUT2D eigenvalue weighted by Gasteiger charge is -2.34. The first kappa shape index (κ1) is 25.5. The number of nitrogens with zero attached hydrogens (tertiary/aromatic N) is 3. The van der Waals surface area contributed by atoms with Gasteiger partial charge in [0.1, 0.15) is 5.60 Å². The van der Waals surface area contributed by atoms with Crippen LogP contribution in [0.15, 0.2) is 54.7 Å². The fourth-order valence-corrected chi connectivity index (χ4v) is 4.78. The molecule has 0 spiro atoms. The number of carbonyl (C=O) groups excluding carboxylic acids is 2. The fraction of sp³-hybridized carbons (Fsp3) is 0.414. The zero-order chi connectivity index (χ0) is 25.9. The molecule has 0 saturated carbocycles. The number of aryl methyl sites for hydroxylation is 2. The highest BCUT2D eigenvalue weighted by Crippen LogP contribution is 2.34. The normalized spacial score (nSPS) is 14.5. The van der Waals surface area contributed by atoms with E-state index in [4.69, 9.17) is 9.84 Å². The van der Waals surface area contributed by atoms with Crippen molar-refractivity contribution in [3.63, 3.8) is 0 Å². The van der Waals surface area contributed by atoms with Crippen LogP contribution in [0.2, 0.25) is 0 Å². The molecule has 2 heterocycles. The lowest BCUT2D eigenvalue weighted by Crippen LogP contribution is -2.41. The molecule has 1 saturated heterocycles. The van der Waals surface area contributed by atoms with Gasteiger partial charge in [-0.05, 0) is 64.2 Å². The van der Waals surface area contributed by atoms with Crippen LogP contribution in [0.1, 0.15) is 72.3 Å². The summed E-state index contributed by atoms with van der Waals surface area (Å²) in [7, 11) is 0. The van der Waals surface area contributed by atoms with Crippen molar-refractivity contribution in [2.75, 3.05) is 13.1 Å². The number of carbonyl (C=O) groups is 2. The van der Waals surface area contributed by atoms with Gasteiger partial charge in [0.15, 0.2) is 0 Å². The highest BCUT2D eigenvalue weighted by Gasteiger charge is 2.32. The number of hydrogen-bond donors (Lipinski definition) is 1. The van der Waals surface area contributed by atoms with Gasteiger partial charge in [0, 0.05) is 25.6 Å². The van der Waals surface area contributed by atoms with E-state index in [1.54, 1.807) is 11.1 Å². The Bertz CT molecular complexity index is 1200. The topological polar surface area (TPSA) is 76.5 Å². The summed E-state index contributed by atoms with van der Waals surface area (Å²) in [5.74, 6) is -0.0522. The van der Waals surface area contributed by atoms with Crippen LogP contribution in [0.5, 0.6) is 0 Å². The molecule has 4 rings (SSSR count). The summed E-state index contributed by atoms with van der Waals surface area (Å²) in [5.41, 5.74) is 5.21. The minimum atomic E-state index is -0.529. The van der Waals surface area contributed by atoms with E-state index in [9.17, 15) is 9.59 Å². The van der Waals surface area contributed by atoms with Gasteiger partial charge in [0.05, 0.1) is 23.1 Å². The maximum atomic E-state index is 13.4. The van der Waals surface area contributed by atoms with Crippen molar-refractivity contribution in [3.05, 3.63) is 82.7 Å². The highest BCUT2D eigenvalue weighted by atomic mass is 16.6. The predicted octanol–water partition coefficient (Wildman–Crippen LogP) is 5.53. The molecule has 2 amide bonds. The summed E-state index contributed by atoms with van der Waals surface area (Å²) >= 11 is 0. The van der Waals surface area contributed by atoms with E-state index >= 15 is 0 Å². The van der Waals surface area contributed by atoms with E-state index in [1.807, 2.05) is 61.9 Å². The second-order valence-corrected chi connectivity index (χ2v) is 10.5. The van der Waals surface area contributed by atoms with Crippen LogP contribution < -0.4 is 5.32 Å². The number of hydrogen-bond acceptors (Lipinski definition) is 4. The summed E-state index contributed by atoms with van der Waals surface area (Å²) < 4.78 is 7.51. The molecule has 2 aromatic carbocycles.